The monoisotopic (exact) mass is 281 g/mol. The Morgan fingerprint density at radius 2 is 1.89 bits per heavy atom. The van der Waals surface area contributed by atoms with Crippen LogP contribution in [-0.2, 0) is 26.8 Å². The molecule has 1 atom stereocenters. The number of hydrogen-bond acceptors (Lipinski definition) is 3. The first-order chi connectivity index (χ1) is 9.04. The highest BCUT2D eigenvalue weighted by Crippen LogP contribution is 2.18. The molecule has 1 unspecified atom stereocenters. The molecule has 0 bridgehead atoms. The van der Waals surface area contributed by atoms with Crippen LogP contribution >= 0.6 is 0 Å². The van der Waals surface area contributed by atoms with Crippen molar-refractivity contribution in [3.05, 3.63) is 29.8 Å². The second-order valence-corrected chi connectivity index (χ2v) is 6.00. The van der Waals surface area contributed by atoms with Crippen LogP contribution in [0.15, 0.2) is 29.2 Å². The van der Waals surface area contributed by atoms with E-state index in [1.54, 1.807) is 24.3 Å². The minimum Gasteiger partial charge on any atom is -0.481 e. The van der Waals surface area contributed by atoms with Gasteiger partial charge in [-0.15, -0.1) is 0 Å². The summed E-state index contributed by atoms with van der Waals surface area (Å²) in [7, 11) is -1.38. The van der Waals surface area contributed by atoms with Crippen molar-refractivity contribution < 1.29 is 18.9 Å². The van der Waals surface area contributed by atoms with E-state index in [-0.39, 0.29) is 24.1 Å². The van der Waals surface area contributed by atoms with Crippen LogP contribution in [-0.4, -0.2) is 33.0 Å². The van der Waals surface area contributed by atoms with E-state index in [0.717, 1.165) is 12.8 Å². The summed E-state index contributed by atoms with van der Waals surface area (Å²) >= 11 is 0. The maximum atomic E-state index is 11.9. The zero-order valence-electron chi connectivity index (χ0n) is 10.3. The van der Waals surface area contributed by atoms with Gasteiger partial charge in [0.1, 0.15) is 5.75 Å². The molecule has 1 aliphatic carbocycles. The number of benzene rings is 1. The molecule has 0 aromatic heterocycles. The van der Waals surface area contributed by atoms with Crippen LogP contribution in [0.3, 0.4) is 0 Å². The van der Waals surface area contributed by atoms with Gasteiger partial charge in [-0.3, -0.25) is 13.8 Å². The Morgan fingerprint density at radius 3 is 2.42 bits per heavy atom. The normalized spacial score (nSPS) is 15.8. The summed E-state index contributed by atoms with van der Waals surface area (Å²) in [5.41, 5.74) is 0.649. The van der Waals surface area contributed by atoms with Crippen LogP contribution < -0.4 is 5.32 Å². The Morgan fingerprint density at radius 1 is 1.26 bits per heavy atom. The van der Waals surface area contributed by atoms with Gasteiger partial charge in [-0.05, 0) is 30.5 Å². The Labute approximate surface area is 113 Å². The van der Waals surface area contributed by atoms with Crippen LogP contribution in [0.5, 0.6) is 0 Å². The SMILES string of the molecule is O=C(O)Cc1ccc(S(=O)CC(=O)NC2CC2)cc1. The standard InChI is InChI=1S/C13H15NO4S/c15-12(14-10-3-4-10)8-19(18)11-5-1-9(2-6-11)7-13(16)17/h1-2,5-6,10H,3-4,7-8H2,(H,14,15)(H,16,17). The van der Waals surface area contributed by atoms with E-state index in [1.807, 2.05) is 0 Å². The molecule has 19 heavy (non-hydrogen) atoms. The molecule has 0 heterocycles. The predicted octanol–water partition coefficient (Wildman–Crippen LogP) is 0.700. The molecule has 1 amide bonds. The number of nitrogens with one attached hydrogen (secondary N) is 1. The molecule has 6 heteroatoms. The summed E-state index contributed by atoms with van der Waals surface area (Å²) in [4.78, 5) is 22.6. The number of carboxylic acid groups (broad SMARTS) is 1. The third-order valence-corrected chi connectivity index (χ3v) is 4.07. The Balaban J connectivity index is 1.90. The van der Waals surface area contributed by atoms with Crippen molar-refractivity contribution in [2.75, 3.05) is 5.75 Å². The highest BCUT2D eigenvalue weighted by molar-refractivity contribution is 7.85. The number of carboxylic acids is 1. The molecule has 2 N–H and O–H groups in total. The van der Waals surface area contributed by atoms with E-state index in [9.17, 15) is 13.8 Å². The van der Waals surface area contributed by atoms with E-state index < -0.39 is 16.8 Å². The molecular formula is C13H15NO4S. The molecule has 0 aliphatic heterocycles. The average molecular weight is 281 g/mol. The summed E-state index contributed by atoms with van der Waals surface area (Å²) in [5.74, 6) is -1.15. The molecule has 0 radical (unpaired) electrons. The maximum absolute atomic E-state index is 11.9. The second-order valence-electron chi connectivity index (χ2n) is 4.55. The number of hydrogen-bond donors (Lipinski definition) is 2. The number of carbonyl (C=O) groups is 2. The molecule has 1 fully saturated rings. The molecule has 2 rings (SSSR count). The van der Waals surface area contributed by atoms with Gasteiger partial charge in [0.15, 0.2) is 0 Å². The lowest BCUT2D eigenvalue weighted by Crippen LogP contribution is -2.29. The maximum Gasteiger partial charge on any atom is 0.307 e. The Kier molecular flexibility index (Phi) is 4.31. The smallest absolute Gasteiger partial charge is 0.307 e. The molecule has 1 saturated carbocycles. The van der Waals surface area contributed by atoms with Crippen molar-refractivity contribution in [3.63, 3.8) is 0 Å². The van der Waals surface area contributed by atoms with E-state index in [4.69, 9.17) is 5.11 Å². The van der Waals surface area contributed by atoms with Crippen molar-refractivity contribution in [1.82, 2.24) is 5.32 Å². The molecular weight excluding hydrogens is 266 g/mol. The predicted molar refractivity (Wildman–Crippen MR) is 70.2 cm³/mol. The van der Waals surface area contributed by atoms with Crippen molar-refractivity contribution in [3.8, 4) is 0 Å². The third-order valence-electron chi connectivity index (χ3n) is 2.75. The molecule has 0 saturated heterocycles. The van der Waals surface area contributed by atoms with Gasteiger partial charge in [-0.2, -0.15) is 0 Å². The van der Waals surface area contributed by atoms with E-state index in [2.05, 4.69) is 5.32 Å². The minimum absolute atomic E-state index is 0.0468. The number of carbonyl (C=O) groups excluding carboxylic acids is 1. The first kappa shape index (κ1) is 13.7. The zero-order chi connectivity index (χ0) is 13.8. The van der Waals surface area contributed by atoms with Crippen LogP contribution in [0.2, 0.25) is 0 Å². The summed E-state index contributed by atoms with van der Waals surface area (Å²) in [6.07, 6.45) is 1.94. The van der Waals surface area contributed by atoms with Gasteiger partial charge < -0.3 is 10.4 Å². The van der Waals surface area contributed by atoms with E-state index in [0.29, 0.717) is 10.5 Å². The fourth-order valence-electron chi connectivity index (χ4n) is 1.63. The van der Waals surface area contributed by atoms with E-state index in [1.165, 1.54) is 0 Å². The second kappa shape index (κ2) is 5.97. The first-order valence-electron chi connectivity index (χ1n) is 6.03. The summed E-state index contributed by atoms with van der Waals surface area (Å²) in [6, 6.07) is 6.74. The van der Waals surface area contributed by atoms with Gasteiger partial charge in [0.25, 0.3) is 0 Å². The molecule has 1 aliphatic rings. The topological polar surface area (TPSA) is 83.5 Å². The molecule has 5 nitrogen and oxygen atoms in total. The van der Waals surface area contributed by atoms with Crippen molar-refractivity contribution in [1.29, 1.82) is 0 Å². The van der Waals surface area contributed by atoms with Crippen molar-refractivity contribution in [2.45, 2.75) is 30.2 Å². The molecule has 102 valence electrons. The average Bonchev–Trinajstić information content (AvgIpc) is 3.12. The highest BCUT2D eigenvalue weighted by atomic mass is 32.2. The minimum atomic E-state index is -1.38. The van der Waals surface area contributed by atoms with Gasteiger partial charge in [-0.25, -0.2) is 0 Å². The van der Waals surface area contributed by atoms with Gasteiger partial charge >= 0.3 is 5.97 Å². The number of amides is 1. The molecule has 1 aromatic carbocycles. The Hall–Kier alpha value is -1.69. The fourth-order valence-corrected chi connectivity index (χ4v) is 2.56. The summed E-state index contributed by atoms with van der Waals surface area (Å²) in [6.45, 7) is 0. The van der Waals surface area contributed by atoms with Crippen LogP contribution in [0.1, 0.15) is 18.4 Å². The number of rotatable bonds is 6. The zero-order valence-corrected chi connectivity index (χ0v) is 11.1. The van der Waals surface area contributed by atoms with Crippen LogP contribution in [0, 0.1) is 0 Å². The van der Waals surface area contributed by atoms with Crippen LogP contribution in [0.4, 0.5) is 0 Å². The summed E-state index contributed by atoms with van der Waals surface area (Å²) in [5, 5.41) is 11.4. The van der Waals surface area contributed by atoms with Crippen LogP contribution in [0.25, 0.3) is 0 Å². The first-order valence-corrected chi connectivity index (χ1v) is 7.35. The van der Waals surface area contributed by atoms with Gasteiger partial charge in [0.05, 0.1) is 17.2 Å². The lowest BCUT2D eigenvalue weighted by Gasteiger charge is -2.04. The third kappa shape index (κ3) is 4.48. The number of aliphatic carboxylic acids is 1. The highest BCUT2D eigenvalue weighted by Gasteiger charge is 2.24. The quantitative estimate of drug-likeness (QED) is 0.804. The van der Waals surface area contributed by atoms with Gasteiger partial charge in [-0.1, -0.05) is 12.1 Å². The van der Waals surface area contributed by atoms with Crippen molar-refractivity contribution in [2.24, 2.45) is 0 Å². The van der Waals surface area contributed by atoms with Crippen molar-refractivity contribution >= 4 is 22.7 Å². The molecule has 1 aromatic rings. The van der Waals surface area contributed by atoms with Gasteiger partial charge in [0, 0.05) is 10.9 Å². The fraction of sp³-hybridized carbons (Fsp3) is 0.385. The largest absolute Gasteiger partial charge is 0.481 e. The van der Waals surface area contributed by atoms with Gasteiger partial charge in [0.2, 0.25) is 5.91 Å². The van der Waals surface area contributed by atoms with E-state index >= 15 is 0 Å². The molecule has 0 spiro atoms. The lowest BCUT2D eigenvalue weighted by molar-refractivity contribution is -0.136. The lowest BCUT2D eigenvalue weighted by atomic mass is 10.2. The summed E-state index contributed by atoms with van der Waals surface area (Å²) < 4.78 is 11.9. The Bertz CT molecular complexity index is 508.